The van der Waals surface area contributed by atoms with Crippen molar-refractivity contribution in [1.82, 2.24) is 29.6 Å². The van der Waals surface area contributed by atoms with Crippen LogP contribution in [0.5, 0.6) is 0 Å². The second kappa shape index (κ2) is 6.38. The first-order valence-corrected chi connectivity index (χ1v) is 8.27. The van der Waals surface area contributed by atoms with E-state index >= 15 is 0 Å². The van der Waals surface area contributed by atoms with Gasteiger partial charge in [-0.3, -0.25) is 4.90 Å². The molecule has 0 spiro atoms. The van der Waals surface area contributed by atoms with E-state index in [1.54, 1.807) is 6.07 Å². The smallest absolute Gasteiger partial charge is 0.264 e. The number of imidazole rings is 1. The number of halogens is 1. The quantitative estimate of drug-likeness (QED) is 0.596. The summed E-state index contributed by atoms with van der Waals surface area (Å²) in [4.78, 5) is 9.60. The van der Waals surface area contributed by atoms with E-state index in [1.165, 1.54) is 12.1 Å². The first kappa shape index (κ1) is 16.5. The molecule has 8 heteroatoms. The molecule has 0 unspecified atom stereocenters. The summed E-state index contributed by atoms with van der Waals surface area (Å²) in [6.45, 7) is 3.06. The van der Waals surface area contributed by atoms with Gasteiger partial charge in [-0.1, -0.05) is 0 Å². The van der Waals surface area contributed by atoms with Gasteiger partial charge in [-0.25, -0.2) is 9.37 Å². The van der Waals surface area contributed by atoms with E-state index in [4.69, 9.17) is 4.42 Å². The second-order valence-corrected chi connectivity index (χ2v) is 6.44. The van der Waals surface area contributed by atoms with Crippen molar-refractivity contribution in [2.75, 3.05) is 7.05 Å². The van der Waals surface area contributed by atoms with Gasteiger partial charge in [0.15, 0.2) is 0 Å². The second-order valence-electron chi connectivity index (χ2n) is 6.44. The van der Waals surface area contributed by atoms with Crippen LogP contribution in [0.4, 0.5) is 4.39 Å². The zero-order chi connectivity index (χ0) is 18.3. The largest absolute Gasteiger partial charge is 0.418 e. The highest BCUT2D eigenvalue weighted by atomic mass is 19.1. The van der Waals surface area contributed by atoms with Crippen LogP contribution in [0.15, 0.2) is 34.7 Å². The molecule has 0 bridgehead atoms. The van der Waals surface area contributed by atoms with E-state index in [2.05, 4.69) is 20.2 Å². The summed E-state index contributed by atoms with van der Waals surface area (Å²) in [6, 6.07) is 8.48. The van der Waals surface area contributed by atoms with Crippen LogP contribution >= 0.6 is 0 Å². The average molecular weight is 354 g/mol. The molecule has 1 N–H and O–H groups in total. The van der Waals surface area contributed by atoms with E-state index in [0.29, 0.717) is 30.4 Å². The maximum Gasteiger partial charge on any atom is 0.264 e. The Kier molecular flexibility index (Phi) is 4.04. The molecule has 0 saturated heterocycles. The summed E-state index contributed by atoms with van der Waals surface area (Å²) < 4.78 is 21.1. The number of hydrogen-bond donors (Lipinski definition) is 1. The average Bonchev–Trinajstić information content (AvgIpc) is 3.27. The van der Waals surface area contributed by atoms with Crippen molar-refractivity contribution in [3.05, 3.63) is 53.6 Å². The molecule has 0 fully saturated rings. The van der Waals surface area contributed by atoms with Gasteiger partial charge < -0.3 is 14.0 Å². The number of benzene rings is 1. The van der Waals surface area contributed by atoms with Crippen LogP contribution in [0, 0.1) is 12.7 Å². The van der Waals surface area contributed by atoms with Crippen molar-refractivity contribution >= 4 is 11.0 Å². The van der Waals surface area contributed by atoms with Crippen LogP contribution in [0.2, 0.25) is 0 Å². The maximum absolute atomic E-state index is 13.3. The number of fused-ring (bicyclic) bond motifs is 1. The monoisotopic (exact) mass is 354 g/mol. The molecule has 0 aliphatic rings. The third-order valence-electron chi connectivity index (χ3n) is 4.38. The standard InChI is InChI=1S/C18H19FN6O/c1-11-4-7-15(25(11)3)18-23-22-17(26-18)10-24(2)9-16-20-13-6-5-12(19)8-14(13)21-16/h4-8H,9-10H2,1-3H3,(H,20,21). The molecule has 0 aliphatic heterocycles. The number of aryl methyl sites for hydroxylation is 1. The van der Waals surface area contributed by atoms with Crippen LogP contribution in [0.25, 0.3) is 22.6 Å². The minimum atomic E-state index is -0.282. The number of rotatable bonds is 5. The molecule has 0 amide bonds. The number of nitrogens with one attached hydrogen (secondary N) is 1. The summed E-state index contributed by atoms with van der Waals surface area (Å²) in [5.41, 5.74) is 3.45. The maximum atomic E-state index is 13.3. The minimum Gasteiger partial charge on any atom is -0.418 e. The Morgan fingerprint density at radius 3 is 2.81 bits per heavy atom. The molecule has 0 saturated carbocycles. The molecule has 134 valence electrons. The van der Waals surface area contributed by atoms with Gasteiger partial charge in [-0.05, 0) is 44.3 Å². The lowest BCUT2D eigenvalue weighted by Gasteiger charge is -2.11. The summed E-state index contributed by atoms with van der Waals surface area (Å²) in [5.74, 6) is 1.51. The molecule has 0 radical (unpaired) electrons. The lowest BCUT2D eigenvalue weighted by molar-refractivity contribution is 0.277. The first-order valence-electron chi connectivity index (χ1n) is 8.27. The molecule has 26 heavy (non-hydrogen) atoms. The van der Waals surface area contributed by atoms with Gasteiger partial charge in [0.05, 0.1) is 24.1 Å². The van der Waals surface area contributed by atoms with E-state index < -0.39 is 0 Å². The highest BCUT2D eigenvalue weighted by Crippen LogP contribution is 2.20. The zero-order valence-corrected chi connectivity index (χ0v) is 14.8. The lowest BCUT2D eigenvalue weighted by atomic mass is 10.3. The topological polar surface area (TPSA) is 75.8 Å². The van der Waals surface area contributed by atoms with Crippen LogP contribution in [0.3, 0.4) is 0 Å². The van der Waals surface area contributed by atoms with E-state index in [0.717, 1.165) is 22.7 Å². The zero-order valence-electron chi connectivity index (χ0n) is 14.8. The molecule has 4 aromatic rings. The SMILES string of the molecule is Cc1ccc(-c2nnc(CN(C)Cc3nc4ccc(F)cc4[nH]3)o2)n1C. The first-order chi connectivity index (χ1) is 12.5. The number of aromatic nitrogens is 5. The van der Waals surface area contributed by atoms with Gasteiger partial charge in [0.2, 0.25) is 5.89 Å². The normalized spacial score (nSPS) is 11.7. The molecular weight excluding hydrogens is 335 g/mol. The number of hydrogen-bond acceptors (Lipinski definition) is 5. The van der Waals surface area contributed by atoms with E-state index in [9.17, 15) is 4.39 Å². The van der Waals surface area contributed by atoms with Crippen LogP contribution in [0.1, 0.15) is 17.4 Å². The number of nitrogens with zero attached hydrogens (tertiary/aromatic N) is 5. The fourth-order valence-electron chi connectivity index (χ4n) is 2.90. The molecule has 0 aliphatic carbocycles. The Hall–Kier alpha value is -3.00. The molecule has 0 atom stereocenters. The van der Waals surface area contributed by atoms with Crippen LogP contribution < -0.4 is 0 Å². The van der Waals surface area contributed by atoms with Gasteiger partial charge in [0.25, 0.3) is 5.89 Å². The number of H-pyrrole nitrogens is 1. The van der Waals surface area contributed by atoms with Crippen molar-refractivity contribution in [3.8, 4) is 11.6 Å². The highest BCUT2D eigenvalue weighted by molar-refractivity contribution is 5.74. The van der Waals surface area contributed by atoms with Crippen molar-refractivity contribution < 1.29 is 8.81 Å². The Bertz CT molecular complexity index is 1060. The summed E-state index contributed by atoms with van der Waals surface area (Å²) >= 11 is 0. The van der Waals surface area contributed by atoms with Crippen molar-refractivity contribution in [3.63, 3.8) is 0 Å². The molecule has 1 aromatic carbocycles. The molecule has 7 nitrogen and oxygen atoms in total. The third kappa shape index (κ3) is 3.11. The predicted molar refractivity (Wildman–Crippen MR) is 94.7 cm³/mol. The summed E-state index contributed by atoms with van der Waals surface area (Å²) in [6.07, 6.45) is 0. The number of aromatic amines is 1. The summed E-state index contributed by atoms with van der Waals surface area (Å²) in [7, 11) is 3.90. The summed E-state index contributed by atoms with van der Waals surface area (Å²) in [5, 5.41) is 8.26. The molecule has 3 heterocycles. The Labute approximate surface area is 149 Å². The van der Waals surface area contributed by atoms with Crippen molar-refractivity contribution in [2.24, 2.45) is 7.05 Å². The fourth-order valence-corrected chi connectivity index (χ4v) is 2.90. The highest BCUT2D eigenvalue weighted by Gasteiger charge is 2.14. The minimum absolute atomic E-state index is 0.282. The van der Waals surface area contributed by atoms with E-state index in [1.807, 2.05) is 42.6 Å². The lowest BCUT2D eigenvalue weighted by Crippen LogP contribution is -2.18. The van der Waals surface area contributed by atoms with Gasteiger partial charge in [0, 0.05) is 12.7 Å². The Morgan fingerprint density at radius 1 is 1.19 bits per heavy atom. The van der Waals surface area contributed by atoms with Gasteiger partial charge in [-0.2, -0.15) is 0 Å². The van der Waals surface area contributed by atoms with Crippen molar-refractivity contribution in [2.45, 2.75) is 20.0 Å². The van der Waals surface area contributed by atoms with Crippen LogP contribution in [-0.4, -0.2) is 36.7 Å². The van der Waals surface area contributed by atoms with Crippen molar-refractivity contribution in [1.29, 1.82) is 0 Å². The van der Waals surface area contributed by atoms with E-state index in [-0.39, 0.29) is 5.82 Å². The Balaban J connectivity index is 1.46. The van der Waals surface area contributed by atoms with Crippen LogP contribution in [-0.2, 0) is 20.1 Å². The fraction of sp³-hybridized carbons (Fsp3) is 0.278. The third-order valence-corrected chi connectivity index (χ3v) is 4.38. The molecular formula is C18H19FN6O. The predicted octanol–water partition coefficient (Wildman–Crippen LogP) is 3.03. The molecule has 3 aromatic heterocycles. The Morgan fingerprint density at radius 2 is 2.04 bits per heavy atom. The van der Waals surface area contributed by atoms with Gasteiger partial charge in [-0.15, -0.1) is 10.2 Å². The van der Waals surface area contributed by atoms with Gasteiger partial charge >= 0.3 is 0 Å². The molecule has 4 rings (SSSR count). The van der Waals surface area contributed by atoms with Gasteiger partial charge in [0.1, 0.15) is 17.3 Å².